The SMILES string of the molecule is COC(=O)CN1C(=O)c2ccccc2NC1c1ccco1. The lowest BCUT2D eigenvalue weighted by molar-refractivity contribution is -0.141. The van der Waals surface area contributed by atoms with Crippen molar-refractivity contribution in [3.8, 4) is 0 Å². The Morgan fingerprint density at radius 1 is 1.33 bits per heavy atom. The van der Waals surface area contributed by atoms with Crippen LogP contribution in [0.15, 0.2) is 47.1 Å². The maximum absolute atomic E-state index is 12.6. The van der Waals surface area contributed by atoms with Crippen LogP contribution in [0.25, 0.3) is 0 Å². The zero-order valence-corrected chi connectivity index (χ0v) is 11.4. The van der Waals surface area contributed by atoms with Crippen molar-refractivity contribution in [1.29, 1.82) is 0 Å². The van der Waals surface area contributed by atoms with E-state index in [9.17, 15) is 9.59 Å². The van der Waals surface area contributed by atoms with E-state index in [1.807, 2.05) is 12.1 Å². The smallest absolute Gasteiger partial charge is 0.325 e. The number of methoxy groups -OCH3 is 1. The molecule has 0 bridgehead atoms. The zero-order valence-electron chi connectivity index (χ0n) is 11.4. The molecule has 1 atom stereocenters. The summed E-state index contributed by atoms with van der Waals surface area (Å²) in [5, 5.41) is 3.21. The second kappa shape index (κ2) is 5.32. The summed E-state index contributed by atoms with van der Waals surface area (Å²) in [4.78, 5) is 25.6. The Morgan fingerprint density at radius 3 is 2.86 bits per heavy atom. The number of esters is 1. The van der Waals surface area contributed by atoms with Gasteiger partial charge in [0.1, 0.15) is 12.3 Å². The summed E-state index contributed by atoms with van der Waals surface area (Å²) in [6.07, 6.45) is 0.986. The van der Waals surface area contributed by atoms with Crippen molar-refractivity contribution < 1.29 is 18.7 Å². The summed E-state index contributed by atoms with van der Waals surface area (Å²) in [5.74, 6) is -0.168. The van der Waals surface area contributed by atoms with E-state index in [0.717, 1.165) is 0 Å². The Hall–Kier alpha value is -2.76. The molecule has 1 unspecified atom stereocenters. The minimum atomic E-state index is -0.540. The Balaban J connectivity index is 2.01. The molecule has 1 aliphatic heterocycles. The van der Waals surface area contributed by atoms with Crippen molar-refractivity contribution in [3.05, 3.63) is 54.0 Å². The third-order valence-electron chi connectivity index (χ3n) is 3.36. The summed E-state index contributed by atoms with van der Waals surface area (Å²) >= 11 is 0. The molecule has 108 valence electrons. The third-order valence-corrected chi connectivity index (χ3v) is 3.36. The Labute approximate surface area is 121 Å². The van der Waals surface area contributed by atoms with E-state index in [1.165, 1.54) is 18.3 Å². The van der Waals surface area contributed by atoms with Crippen molar-refractivity contribution in [2.75, 3.05) is 19.0 Å². The molecule has 6 nitrogen and oxygen atoms in total. The van der Waals surface area contributed by atoms with Crippen LogP contribution in [0.5, 0.6) is 0 Å². The number of benzene rings is 1. The monoisotopic (exact) mass is 286 g/mol. The second-order valence-electron chi connectivity index (χ2n) is 4.62. The van der Waals surface area contributed by atoms with Gasteiger partial charge in [-0.15, -0.1) is 0 Å². The van der Waals surface area contributed by atoms with Crippen molar-refractivity contribution >= 4 is 17.6 Å². The molecule has 1 amide bonds. The molecular weight excluding hydrogens is 272 g/mol. The van der Waals surface area contributed by atoms with Gasteiger partial charge in [-0.25, -0.2) is 0 Å². The summed E-state index contributed by atoms with van der Waals surface area (Å²) in [7, 11) is 1.29. The van der Waals surface area contributed by atoms with Gasteiger partial charge in [0.15, 0.2) is 6.17 Å². The topological polar surface area (TPSA) is 71.8 Å². The fraction of sp³-hybridized carbons (Fsp3) is 0.200. The van der Waals surface area contributed by atoms with Gasteiger partial charge in [-0.05, 0) is 24.3 Å². The van der Waals surface area contributed by atoms with E-state index >= 15 is 0 Å². The normalized spacial score (nSPS) is 17.1. The van der Waals surface area contributed by atoms with Crippen molar-refractivity contribution in [2.24, 2.45) is 0 Å². The number of anilines is 1. The van der Waals surface area contributed by atoms with Gasteiger partial charge in [0, 0.05) is 5.69 Å². The third kappa shape index (κ3) is 2.35. The number of nitrogens with zero attached hydrogens (tertiary/aromatic N) is 1. The lowest BCUT2D eigenvalue weighted by Gasteiger charge is -2.35. The summed E-state index contributed by atoms with van der Waals surface area (Å²) in [6.45, 7) is -0.151. The Morgan fingerprint density at radius 2 is 2.14 bits per heavy atom. The molecule has 1 aromatic carbocycles. The average Bonchev–Trinajstić information content (AvgIpc) is 3.04. The number of carbonyl (C=O) groups excluding carboxylic acids is 2. The van der Waals surface area contributed by atoms with E-state index < -0.39 is 12.1 Å². The molecule has 1 N–H and O–H groups in total. The molecular formula is C15H14N2O4. The van der Waals surface area contributed by atoms with Crippen molar-refractivity contribution in [3.63, 3.8) is 0 Å². The van der Waals surface area contributed by atoms with Crippen molar-refractivity contribution in [1.82, 2.24) is 4.90 Å². The first-order valence-electron chi connectivity index (χ1n) is 6.47. The van der Waals surface area contributed by atoms with Crippen LogP contribution < -0.4 is 5.32 Å². The van der Waals surface area contributed by atoms with Gasteiger partial charge in [-0.3, -0.25) is 9.59 Å². The van der Waals surface area contributed by atoms with Crippen LogP contribution in [-0.4, -0.2) is 30.4 Å². The minimum absolute atomic E-state index is 0.151. The molecule has 1 aromatic heterocycles. The van der Waals surface area contributed by atoms with Gasteiger partial charge in [0.05, 0.1) is 18.9 Å². The molecule has 21 heavy (non-hydrogen) atoms. The zero-order chi connectivity index (χ0) is 14.8. The van der Waals surface area contributed by atoms with Gasteiger partial charge in [0.2, 0.25) is 0 Å². The van der Waals surface area contributed by atoms with E-state index in [-0.39, 0.29) is 12.5 Å². The predicted octanol–water partition coefficient (Wildman–Crippen LogP) is 2.02. The molecule has 2 heterocycles. The molecule has 6 heteroatoms. The van der Waals surface area contributed by atoms with Crippen LogP contribution >= 0.6 is 0 Å². The van der Waals surface area contributed by atoms with Gasteiger partial charge < -0.3 is 19.4 Å². The molecule has 0 spiro atoms. The molecule has 0 saturated carbocycles. The van der Waals surface area contributed by atoms with Crippen LogP contribution in [0.4, 0.5) is 5.69 Å². The number of hydrogen-bond donors (Lipinski definition) is 1. The standard InChI is InChI=1S/C15H14N2O4/c1-20-13(18)9-17-14(12-7-4-8-21-12)16-11-6-3-2-5-10(11)15(17)19/h2-8,14,16H,9H2,1H3. The molecule has 1 aliphatic rings. The maximum Gasteiger partial charge on any atom is 0.325 e. The van der Waals surface area contributed by atoms with Crippen LogP contribution in [-0.2, 0) is 9.53 Å². The number of ether oxygens (including phenoxy) is 1. The Kier molecular flexibility index (Phi) is 3.35. The quantitative estimate of drug-likeness (QED) is 0.874. The summed E-state index contributed by atoms with van der Waals surface area (Å²) < 4.78 is 10.0. The van der Waals surface area contributed by atoms with E-state index in [1.54, 1.807) is 24.3 Å². The molecule has 0 aliphatic carbocycles. The number of hydrogen-bond acceptors (Lipinski definition) is 5. The molecule has 2 aromatic rings. The number of nitrogens with one attached hydrogen (secondary N) is 1. The first kappa shape index (κ1) is 13.2. The van der Waals surface area contributed by atoms with E-state index in [4.69, 9.17) is 4.42 Å². The van der Waals surface area contributed by atoms with E-state index in [2.05, 4.69) is 10.1 Å². The first-order chi connectivity index (χ1) is 10.2. The number of para-hydroxylation sites is 1. The largest absolute Gasteiger partial charge is 0.468 e. The summed E-state index contributed by atoms with van der Waals surface area (Å²) in [5.41, 5.74) is 1.23. The van der Waals surface area contributed by atoms with Crippen molar-refractivity contribution in [2.45, 2.75) is 6.17 Å². The van der Waals surface area contributed by atoms with E-state index in [0.29, 0.717) is 17.0 Å². The van der Waals surface area contributed by atoms with Gasteiger partial charge in [-0.2, -0.15) is 0 Å². The highest BCUT2D eigenvalue weighted by Crippen LogP contribution is 2.32. The Bertz CT molecular complexity index is 666. The average molecular weight is 286 g/mol. The fourth-order valence-electron chi connectivity index (χ4n) is 2.33. The van der Waals surface area contributed by atoms with Crippen LogP contribution in [0, 0.1) is 0 Å². The number of rotatable bonds is 3. The minimum Gasteiger partial charge on any atom is -0.468 e. The first-order valence-corrected chi connectivity index (χ1v) is 6.47. The van der Waals surface area contributed by atoms with Crippen LogP contribution in [0.1, 0.15) is 22.3 Å². The highest BCUT2D eigenvalue weighted by molar-refractivity contribution is 6.02. The van der Waals surface area contributed by atoms with Crippen LogP contribution in [0.2, 0.25) is 0 Å². The lowest BCUT2D eigenvalue weighted by atomic mass is 10.1. The number of carbonyl (C=O) groups is 2. The predicted molar refractivity (Wildman–Crippen MR) is 74.6 cm³/mol. The molecule has 0 fully saturated rings. The second-order valence-corrected chi connectivity index (χ2v) is 4.62. The van der Waals surface area contributed by atoms with Gasteiger partial charge in [0.25, 0.3) is 5.91 Å². The number of amides is 1. The molecule has 0 radical (unpaired) electrons. The number of fused-ring (bicyclic) bond motifs is 1. The fourth-order valence-corrected chi connectivity index (χ4v) is 2.33. The van der Waals surface area contributed by atoms with Gasteiger partial charge >= 0.3 is 5.97 Å². The number of furan rings is 1. The highest BCUT2D eigenvalue weighted by atomic mass is 16.5. The van der Waals surface area contributed by atoms with Crippen LogP contribution in [0.3, 0.4) is 0 Å². The highest BCUT2D eigenvalue weighted by Gasteiger charge is 2.35. The molecule has 0 saturated heterocycles. The lowest BCUT2D eigenvalue weighted by Crippen LogP contribution is -2.45. The summed E-state index contributed by atoms with van der Waals surface area (Å²) in [6, 6.07) is 10.6. The molecule has 3 rings (SSSR count). The van der Waals surface area contributed by atoms with Gasteiger partial charge in [-0.1, -0.05) is 12.1 Å². The maximum atomic E-state index is 12.6.